The number of nitrogens with one attached hydrogen (secondary N) is 1. The van der Waals surface area contributed by atoms with Crippen LogP contribution in [0.1, 0.15) is 49.2 Å². The Balaban J connectivity index is 1.74. The van der Waals surface area contributed by atoms with Crippen LogP contribution < -0.4 is 5.32 Å². The number of carboxylic acid groups (broad SMARTS) is 1. The SMILES string of the molecule is CC1(C)CCCC1NCc1ccc2oc(C(=O)O)cc2c1. The van der Waals surface area contributed by atoms with Crippen molar-refractivity contribution in [2.45, 2.75) is 45.7 Å². The van der Waals surface area contributed by atoms with Crippen molar-refractivity contribution in [2.24, 2.45) is 5.41 Å². The normalized spacial score (nSPS) is 21.0. The fraction of sp³-hybridized carbons (Fsp3) is 0.471. The van der Waals surface area contributed by atoms with Gasteiger partial charge in [0.15, 0.2) is 0 Å². The van der Waals surface area contributed by atoms with Crippen molar-refractivity contribution < 1.29 is 14.3 Å². The summed E-state index contributed by atoms with van der Waals surface area (Å²) in [7, 11) is 0. The smallest absolute Gasteiger partial charge is 0.371 e. The van der Waals surface area contributed by atoms with E-state index in [1.165, 1.54) is 19.3 Å². The fourth-order valence-corrected chi connectivity index (χ4v) is 3.25. The van der Waals surface area contributed by atoms with Crippen molar-refractivity contribution in [1.82, 2.24) is 5.32 Å². The molecule has 21 heavy (non-hydrogen) atoms. The van der Waals surface area contributed by atoms with Crippen molar-refractivity contribution in [3.05, 3.63) is 35.6 Å². The van der Waals surface area contributed by atoms with E-state index in [0.717, 1.165) is 17.5 Å². The Labute approximate surface area is 124 Å². The van der Waals surface area contributed by atoms with Gasteiger partial charge in [-0.1, -0.05) is 26.3 Å². The van der Waals surface area contributed by atoms with Crippen molar-refractivity contribution in [3.63, 3.8) is 0 Å². The number of hydrogen-bond acceptors (Lipinski definition) is 3. The number of furan rings is 1. The Bertz CT molecular complexity index is 672. The zero-order chi connectivity index (χ0) is 15.0. The summed E-state index contributed by atoms with van der Waals surface area (Å²) in [4.78, 5) is 10.9. The molecule has 4 nitrogen and oxygen atoms in total. The Hall–Kier alpha value is -1.81. The molecule has 112 valence electrons. The monoisotopic (exact) mass is 287 g/mol. The van der Waals surface area contributed by atoms with E-state index in [1.807, 2.05) is 18.2 Å². The van der Waals surface area contributed by atoms with Gasteiger partial charge in [0, 0.05) is 18.0 Å². The molecular weight excluding hydrogens is 266 g/mol. The van der Waals surface area contributed by atoms with Gasteiger partial charge in [-0.25, -0.2) is 4.79 Å². The van der Waals surface area contributed by atoms with Crippen LogP contribution in [-0.2, 0) is 6.54 Å². The molecule has 1 aromatic heterocycles. The number of aromatic carboxylic acids is 1. The van der Waals surface area contributed by atoms with Crippen molar-refractivity contribution in [3.8, 4) is 0 Å². The van der Waals surface area contributed by atoms with E-state index >= 15 is 0 Å². The van der Waals surface area contributed by atoms with Crippen LogP contribution >= 0.6 is 0 Å². The molecule has 0 saturated heterocycles. The van der Waals surface area contributed by atoms with Crippen LogP contribution in [0.5, 0.6) is 0 Å². The number of carboxylic acids is 1. The Morgan fingerprint density at radius 2 is 2.24 bits per heavy atom. The Kier molecular flexibility index (Phi) is 3.49. The van der Waals surface area contributed by atoms with E-state index in [-0.39, 0.29) is 5.76 Å². The van der Waals surface area contributed by atoms with Crippen LogP contribution in [0, 0.1) is 5.41 Å². The lowest BCUT2D eigenvalue weighted by Crippen LogP contribution is -2.37. The summed E-state index contributed by atoms with van der Waals surface area (Å²) >= 11 is 0. The van der Waals surface area contributed by atoms with E-state index in [9.17, 15) is 4.79 Å². The van der Waals surface area contributed by atoms with Gasteiger partial charge in [-0.15, -0.1) is 0 Å². The molecule has 2 aromatic rings. The molecule has 3 rings (SSSR count). The van der Waals surface area contributed by atoms with E-state index in [0.29, 0.717) is 17.0 Å². The largest absolute Gasteiger partial charge is 0.475 e. The molecule has 4 heteroatoms. The highest BCUT2D eigenvalue weighted by Gasteiger charge is 2.33. The molecule has 0 aliphatic heterocycles. The minimum atomic E-state index is -1.03. The van der Waals surface area contributed by atoms with Crippen LogP contribution in [0.15, 0.2) is 28.7 Å². The van der Waals surface area contributed by atoms with Gasteiger partial charge in [0.25, 0.3) is 0 Å². The highest BCUT2D eigenvalue weighted by molar-refractivity contribution is 5.91. The molecule has 0 spiro atoms. The molecule has 1 saturated carbocycles. The van der Waals surface area contributed by atoms with Gasteiger partial charge in [0.1, 0.15) is 5.58 Å². The highest BCUT2D eigenvalue weighted by atomic mass is 16.4. The number of hydrogen-bond donors (Lipinski definition) is 2. The maximum Gasteiger partial charge on any atom is 0.371 e. The minimum Gasteiger partial charge on any atom is -0.475 e. The zero-order valence-electron chi connectivity index (χ0n) is 12.5. The molecule has 0 amide bonds. The van der Waals surface area contributed by atoms with Gasteiger partial charge in [0.2, 0.25) is 5.76 Å². The molecule has 1 atom stereocenters. The summed E-state index contributed by atoms with van der Waals surface area (Å²) in [6, 6.07) is 7.97. The molecular formula is C17H21NO3. The molecule has 1 aliphatic carbocycles. The quantitative estimate of drug-likeness (QED) is 0.898. The summed E-state index contributed by atoms with van der Waals surface area (Å²) in [5.74, 6) is -1.04. The second kappa shape index (κ2) is 5.19. The average molecular weight is 287 g/mol. The first-order chi connectivity index (χ1) is 9.95. The first kappa shape index (κ1) is 14.1. The lowest BCUT2D eigenvalue weighted by molar-refractivity contribution is 0.0665. The first-order valence-corrected chi connectivity index (χ1v) is 7.45. The topological polar surface area (TPSA) is 62.5 Å². The van der Waals surface area contributed by atoms with Gasteiger partial charge in [-0.2, -0.15) is 0 Å². The van der Waals surface area contributed by atoms with Crippen LogP contribution in [-0.4, -0.2) is 17.1 Å². The second-order valence-corrected chi connectivity index (χ2v) is 6.60. The molecule has 0 radical (unpaired) electrons. The Morgan fingerprint density at radius 1 is 1.43 bits per heavy atom. The predicted molar refractivity (Wildman–Crippen MR) is 81.4 cm³/mol. The molecule has 1 unspecified atom stereocenters. The third-order valence-corrected chi connectivity index (χ3v) is 4.60. The third kappa shape index (κ3) is 2.81. The van der Waals surface area contributed by atoms with Gasteiger partial charge < -0.3 is 14.8 Å². The number of rotatable bonds is 4. The molecule has 1 heterocycles. The predicted octanol–water partition coefficient (Wildman–Crippen LogP) is 3.80. The lowest BCUT2D eigenvalue weighted by atomic mass is 9.87. The maximum absolute atomic E-state index is 10.9. The first-order valence-electron chi connectivity index (χ1n) is 7.45. The van der Waals surface area contributed by atoms with Gasteiger partial charge in [-0.3, -0.25) is 0 Å². The molecule has 1 aliphatic rings. The summed E-state index contributed by atoms with van der Waals surface area (Å²) < 4.78 is 5.28. The Morgan fingerprint density at radius 3 is 2.90 bits per heavy atom. The highest BCUT2D eigenvalue weighted by Crippen LogP contribution is 2.37. The van der Waals surface area contributed by atoms with E-state index in [2.05, 4.69) is 19.2 Å². The lowest BCUT2D eigenvalue weighted by Gasteiger charge is -2.28. The molecule has 1 fully saturated rings. The molecule has 0 bridgehead atoms. The fourth-order valence-electron chi connectivity index (χ4n) is 3.25. The second-order valence-electron chi connectivity index (χ2n) is 6.60. The minimum absolute atomic E-state index is 0.00737. The van der Waals surface area contributed by atoms with Gasteiger partial charge in [-0.05, 0) is 42.0 Å². The van der Waals surface area contributed by atoms with Gasteiger partial charge >= 0.3 is 5.97 Å². The maximum atomic E-state index is 10.9. The van der Waals surface area contributed by atoms with Gasteiger partial charge in [0.05, 0.1) is 0 Å². The summed E-state index contributed by atoms with van der Waals surface area (Å²) in [6.07, 6.45) is 3.78. The van der Waals surface area contributed by atoms with E-state index < -0.39 is 5.97 Å². The van der Waals surface area contributed by atoms with Crippen LogP contribution in [0.3, 0.4) is 0 Å². The molecule has 1 aromatic carbocycles. The van der Waals surface area contributed by atoms with E-state index in [4.69, 9.17) is 9.52 Å². The number of fused-ring (bicyclic) bond motifs is 1. The van der Waals surface area contributed by atoms with Crippen molar-refractivity contribution >= 4 is 16.9 Å². The summed E-state index contributed by atoms with van der Waals surface area (Å²) in [5.41, 5.74) is 2.14. The van der Waals surface area contributed by atoms with Crippen molar-refractivity contribution in [1.29, 1.82) is 0 Å². The molecule has 2 N–H and O–H groups in total. The van der Waals surface area contributed by atoms with Crippen LogP contribution in [0.2, 0.25) is 0 Å². The summed E-state index contributed by atoms with van der Waals surface area (Å²) in [5, 5.41) is 13.4. The third-order valence-electron chi connectivity index (χ3n) is 4.60. The summed E-state index contributed by atoms with van der Waals surface area (Å²) in [6.45, 7) is 5.43. The number of benzene rings is 1. The van der Waals surface area contributed by atoms with Crippen LogP contribution in [0.25, 0.3) is 11.0 Å². The zero-order valence-corrected chi connectivity index (χ0v) is 12.5. The van der Waals surface area contributed by atoms with E-state index in [1.54, 1.807) is 6.07 Å². The average Bonchev–Trinajstić information content (AvgIpc) is 2.98. The van der Waals surface area contributed by atoms with Crippen LogP contribution in [0.4, 0.5) is 0 Å². The standard InChI is InChI=1S/C17H21NO3/c1-17(2)7-3-4-15(17)18-10-11-5-6-13-12(8-11)9-14(21-13)16(19)20/h5-6,8-9,15,18H,3-4,7,10H2,1-2H3,(H,19,20). The van der Waals surface area contributed by atoms with Crippen molar-refractivity contribution in [2.75, 3.05) is 0 Å². The number of carbonyl (C=O) groups is 1.